The van der Waals surface area contributed by atoms with Gasteiger partial charge in [0.25, 0.3) is 5.91 Å². The molecular formula is C13H18FN3O2. The Morgan fingerprint density at radius 1 is 1.32 bits per heavy atom. The number of hydrogen-bond donors (Lipinski definition) is 1. The van der Waals surface area contributed by atoms with E-state index in [-0.39, 0.29) is 5.56 Å². The minimum Gasteiger partial charge on any atom is -0.497 e. The molecule has 1 aliphatic rings. The van der Waals surface area contributed by atoms with E-state index in [1.54, 1.807) is 6.07 Å². The lowest BCUT2D eigenvalue weighted by Gasteiger charge is -2.32. The van der Waals surface area contributed by atoms with Crippen LogP contribution < -0.4 is 10.2 Å². The van der Waals surface area contributed by atoms with Crippen LogP contribution in [0.1, 0.15) is 10.4 Å². The maximum atomic E-state index is 13.7. The van der Waals surface area contributed by atoms with E-state index in [1.807, 2.05) is 12.1 Å². The number of hydrogen-bond acceptors (Lipinski definition) is 4. The molecule has 0 aromatic heterocycles. The summed E-state index contributed by atoms with van der Waals surface area (Å²) < 4.78 is 18.6. The number of rotatable bonds is 3. The molecule has 0 bridgehead atoms. The van der Waals surface area contributed by atoms with E-state index in [4.69, 9.17) is 4.74 Å². The van der Waals surface area contributed by atoms with Gasteiger partial charge < -0.3 is 9.64 Å². The van der Waals surface area contributed by atoms with Crippen molar-refractivity contribution in [3.63, 3.8) is 0 Å². The first-order chi connectivity index (χ1) is 9.10. The minimum atomic E-state index is -0.578. The molecule has 1 fully saturated rings. The maximum absolute atomic E-state index is 13.7. The molecule has 2 rings (SSSR count). The van der Waals surface area contributed by atoms with E-state index in [2.05, 4.69) is 10.3 Å². The van der Waals surface area contributed by atoms with Crippen LogP contribution in [0.5, 0.6) is 5.75 Å². The molecule has 0 saturated carbocycles. The fourth-order valence-electron chi connectivity index (χ4n) is 1.93. The first-order valence-electron chi connectivity index (χ1n) is 6.18. The molecule has 5 nitrogen and oxygen atoms in total. The van der Waals surface area contributed by atoms with Crippen molar-refractivity contribution in [1.29, 1.82) is 0 Å². The molecule has 19 heavy (non-hydrogen) atoms. The Kier molecular flexibility index (Phi) is 4.34. The van der Waals surface area contributed by atoms with E-state index in [0.717, 1.165) is 26.2 Å². The number of piperazine rings is 1. The second-order valence-electron chi connectivity index (χ2n) is 4.58. The minimum absolute atomic E-state index is 0.0275. The highest BCUT2D eigenvalue weighted by Gasteiger charge is 2.18. The van der Waals surface area contributed by atoms with Gasteiger partial charge in [0.05, 0.1) is 12.7 Å². The summed E-state index contributed by atoms with van der Waals surface area (Å²) in [5, 5.41) is 1.81. The molecule has 0 spiro atoms. The predicted molar refractivity (Wildman–Crippen MR) is 69.5 cm³/mol. The number of benzene rings is 1. The lowest BCUT2D eigenvalue weighted by atomic mass is 10.2. The van der Waals surface area contributed by atoms with E-state index in [1.165, 1.54) is 19.2 Å². The van der Waals surface area contributed by atoms with Crippen LogP contribution in [-0.4, -0.2) is 56.2 Å². The number of carbonyl (C=O) groups is 1. The van der Waals surface area contributed by atoms with Crippen molar-refractivity contribution in [1.82, 2.24) is 15.3 Å². The van der Waals surface area contributed by atoms with Crippen molar-refractivity contribution in [2.24, 2.45) is 0 Å². The predicted octanol–water partition coefficient (Wildman–Crippen LogP) is 0.726. The topological polar surface area (TPSA) is 44.8 Å². The van der Waals surface area contributed by atoms with Crippen LogP contribution in [-0.2, 0) is 0 Å². The molecular weight excluding hydrogens is 249 g/mol. The van der Waals surface area contributed by atoms with E-state index in [0.29, 0.717) is 5.75 Å². The smallest absolute Gasteiger partial charge is 0.268 e. The number of likely N-dealkylation sites (N-methyl/N-ethyl adjacent to an activating group) is 1. The molecule has 1 heterocycles. The molecule has 6 heteroatoms. The Morgan fingerprint density at radius 3 is 2.58 bits per heavy atom. The quantitative estimate of drug-likeness (QED) is 0.877. The van der Waals surface area contributed by atoms with Gasteiger partial charge in [-0.25, -0.2) is 9.40 Å². The molecule has 0 unspecified atom stereocenters. The summed E-state index contributed by atoms with van der Waals surface area (Å²) in [5.74, 6) is -0.607. The van der Waals surface area contributed by atoms with E-state index < -0.39 is 11.7 Å². The molecule has 1 N–H and O–H groups in total. The molecule has 0 aliphatic carbocycles. The summed E-state index contributed by atoms with van der Waals surface area (Å²) in [5.41, 5.74) is 2.75. The first-order valence-corrected chi connectivity index (χ1v) is 6.18. The maximum Gasteiger partial charge on any atom is 0.268 e. The van der Waals surface area contributed by atoms with Gasteiger partial charge in [-0.3, -0.25) is 10.2 Å². The second kappa shape index (κ2) is 5.99. The van der Waals surface area contributed by atoms with Gasteiger partial charge in [0.15, 0.2) is 0 Å². The third-order valence-electron chi connectivity index (χ3n) is 3.18. The Bertz CT molecular complexity index is 459. The number of hydrazine groups is 1. The fraction of sp³-hybridized carbons (Fsp3) is 0.462. The summed E-state index contributed by atoms with van der Waals surface area (Å²) in [6.45, 7) is 3.23. The van der Waals surface area contributed by atoms with Crippen molar-refractivity contribution in [2.75, 3.05) is 40.3 Å². The number of amides is 1. The fourth-order valence-corrected chi connectivity index (χ4v) is 1.93. The summed E-state index contributed by atoms with van der Waals surface area (Å²) >= 11 is 0. The van der Waals surface area contributed by atoms with Gasteiger partial charge in [-0.2, -0.15) is 0 Å². The zero-order valence-electron chi connectivity index (χ0n) is 11.1. The molecule has 1 amide bonds. The van der Waals surface area contributed by atoms with Gasteiger partial charge in [-0.15, -0.1) is 0 Å². The Hall–Kier alpha value is -1.66. The third-order valence-corrected chi connectivity index (χ3v) is 3.18. The molecule has 0 atom stereocenters. The third kappa shape index (κ3) is 3.42. The summed E-state index contributed by atoms with van der Waals surface area (Å²) in [4.78, 5) is 14.1. The van der Waals surface area contributed by atoms with E-state index in [9.17, 15) is 9.18 Å². The molecule has 104 valence electrons. The molecule has 1 aromatic rings. The number of nitrogens with one attached hydrogen (secondary N) is 1. The zero-order chi connectivity index (χ0) is 13.8. The normalized spacial score (nSPS) is 17.2. The van der Waals surface area contributed by atoms with Gasteiger partial charge in [-0.1, -0.05) is 0 Å². The second-order valence-corrected chi connectivity index (χ2v) is 4.58. The zero-order valence-corrected chi connectivity index (χ0v) is 11.1. The highest BCUT2D eigenvalue weighted by Crippen LogP contribution is 2.16. The number of carbonyl (C=O) groups excluding carboxylic acids is 1. The molecule has 1 aromatic carbocycles. The van der Waals surface area contributed by atoms with Crippen LogP contribution in [0.25, 0.3) is 0 Å². The van der Waals surface area contributed by atoms with Gasteiger partial charge in [0.1, 0.15) is 11.6 Å². The SMILES string of the molecule is COc1ccc(C(=O)NN2CCN(C)CC2)c(F)c1. The summed E-state index contributed by atoms with van der Waals surface area (Å²) in [6, 6.07) is 4.21. The van der Waals surface area contributed by atoms with Crippen molar-refractivity contribution in [2.45, 2.75) is 0 Å². The van der Waals surface area contributed by atoms with Crippen LogP contribution in [0.2, 0.25) is 0 Å². The van der Waals surface area contributed by atoms with Gasteiger partial charge in [0.2, 0.25) is 0 Å². The highest BCUT2D eigenvalue weighted by atomic mass is 19.1. The Morgan fingerprint density at radius 2 is 2.00 bits per heavy atom. The first kappa shape index (κ1) is 13.8. The average molecular weight is 267 g/mol. The van der Waals surface area contributed by atoms with Gasteiger partial charge in [0, 0.05) is 32.2 Å². The molecule has 1 aliphatic heterocycles. The van der Waals surface area contributed by atoms with Crippen LogP contribution in [0.15, 0.2) is 18.2 Å². The monoisotopic (exact) mass is 267 g/mol. The van der Waals surface area contributed by atoms with Crippen LogP contribution >= 0.6 is 0 Å². The summed E-state index contributed by atoms with van der Waals surface area (Å²) in [7, 11) is 3.49. The standard InChI is InChI=1S/C13H18FN3O2/c1-16-5-7-17(8-6-16)15-13(18)11-4-3-10(19-2)9-12(11)14/h3-4,9H,5-8H2,1-2H3,(H,15,18). The molecule has 1 saturated heterocycles. The summed E-state index contributed by atoms with van der Waals surface area (Å²) in [6.07, 6.45) is 0. The van der Waals surface area contributed by atoms with Crippen molar-refractivity contribution in [3.8, 4) is 5.75 Å². The van der Waals surface area contributed by atoms with Gasteiger partial charge >= 0.3 is 0 Å². The van der Waals surface area contributed by atoms with Crippen molar-refractivity contribution < 1.29 is 13.9 Å². The largest absolute Gasteiger partial charge is 0.497 e. The number of nitrogens with zero attached hydrogens (tertiary/aromatic N) is 2. The highest BCUT2D eigenvalue weighted by molar-refractivity contribution is 5.94. The number of ether oxygens (including phenoxy) is 1. The van der Waals surface area contributed by atoms with E-state index >= 15 is 0 Å². The van der Waals surface area contributed by atoms with Crippen molar-refractivity contribution in [3.05, 3.63) is 29.6 Å². The van der Waals surface area contributed by atoms with Crippen LogP contribution in [0.4, 0.5) is 4.39 Å². The lowest BCUT2D eigenvalue weighted by molar-refractivity contribution is 0.0658. The van der Waals surface area contributed by atoms with Gasteiger partial charge in [-0.05, 0) is 19.2 Å². The lowest BCUT2D eigenvalue weighted by Crippen LogP contribution is -2.52. The molecule has 0 radical (unpaired) electrons. The Labute approximate surface area is 111 Å². The number of halogens is 1. The number of methoxy groups -OCH3 is 1. The Balaban J connectivity index is 2.00. The van der Waals surface area contributed by atoms with Crippen LogP contribution in [0.3, 0.4) is 0 Å². The van der Waals surface area contributed by atoms with Crippen molar-refractivity contribution >= 4 is 5.91 Å². The van der Waals surface area contributed by atoms with Crippen LogP contribution in [0, 0.1) is 5.82 Å². The average Bonchev–Trinajstić information content (AvgIpc) is 2.41.